The lowest BCUT2D eigenvalue weighted by Gasteiger charge is -1.95. The third kappa shape index (κ3) is 3.45. The summed E-state index contributed by atoms with van der Waals surface area (Å²) in [6.07, 6.45) is 2.14. The molecule has 54 valence electrons. The lowest BCUT2D eigenvalue weighted by molar-refractivity contribution is 0.465. The minimum Gasteiger partial charge on any atom is -0.273 e. The van der Waals surface area contributed by atoms with Gasteiger partial charge in [-0.15, -0.1) is 0 Å². The first-order valence-corrected chi connectivity index (χ1v) is 4.24. The van der Waals surface area contributed by atoms with Crippen LogP contribution in [-0.4, -0.2) is 19.5 Å². The fraction of sp³-hybridized carbons (Fsp3) is 1.00. The molecule has 1 aliphatic rings. The van der Waals surface area contributed by atoms with E-state index in [1.54, 1.807) is 0 Å². The van der Waals surface area contributed by atoms with Crippen molar-refractivity contribution in [3.8, 4) is 0 Å². The van der Waals surface area contributed by atoms with Crippen molar-refractivity contribution in [2.45, 2.75) is 12.8 Å². The summed E-state index contributed by atoms with van der Waals surface area (Å²) in [5, 5.41) is 0. The smallest absolute Gasteiger partial charge is 0.273 e. The summed E-state index contributed by atoms with van der Waals surface area (Å²) in [6, 6.07) is 0. The van der Waals surface area contributed by atoms with Crippen molar-refractivity contribution in [2.24, 2.45) is 5.92 Å². The summed E-state index contributed by atoms with van der Waals surface area (Å²) in [5.41, 5.74) is 0. The van der Waals surface area contributed by atoms with Gasteiger partial charge in [-0.25, -0.2) is 0 Å². The van der Waals surface area contributed by atoms with Crippen molar-refractivity contribution in [2.75, 3.05) is 6.54 Å². The maximum atomic E-state index is 10.0. The molecule has 0 amide bonds. The quantitative estimate of drug-likeness (QED) is 0.548. The second kappa shape index (κ2) is 2.24. The van der Waals surface area contributed by atoms with Gasteiger partial charge in [0.25, 0.3) is 0 Å². The summed E-state index contributed by atoms with van der Waals surface area (Å²) in [7, 11) is -3.93. The van der Waals surface area contributed by atoms with Gasteiger partial charge in [0, 0.05) is 6.54 Å². The maximum absolute atomic E-state index is 10.0. The van der Waals surface area contributed by atoms with Crippen molar-refractivity contribution < 1.29 is 13.0 Å². The molecule has 1 saturated carbocycles. The number of hydrogen-bond donors (Lipinski definition) is 2. The summed E-state index contributed by atoms with van der Waals surface area (Å²) in [4.78, 5) is 0. The van der Waals surface area contributed by atoms with E-state index in [0.717, 1.165) is 12.8 Å². The Morgan fingerprint density at radius 2 is 2.11 bits per heavy atom. The molecule has 0 atom stereocenters. The molecule has 0 spiro atoms. The van der Waals surface area contributed by atoms with Crippen molar-refractivity contribution >= 4 is 10.3 Å². The maximum Gasteiger partial charge on any atom is 0.333 e. The molecule has 0 aromatic heterocycles. The largest absolute Gasteiger partial charge is 0.333 e. The van der Waals surface area contributed by atoms with Crippen molar-refractivity contribution in [1.82, 2.24) is 4.72 Å². The zero-order chi connectivity index (χ0) is 6.91. The van der Waals surface area contributed by atoms with E-state index >= 15 is 0 Å². The van der Waals surface area contributed by atoms with Gasteiger partial charge in [0.2, 0.25) is 0 Å². The second-order valence-electron chi connectivity index (χ2n) is 2.27. The average Bonchev–Trinajstić information content (AvgIpc) is 2.38. The van der Waals surface area contributed by atoms with Crippen LogP contribution < -0.4 is 4.72 Å². The standard InChI is InChI=1S/C4H9NO3S/c6-9(7,8)5-3-4-1-2-4/h4-5H,1-3H2,(H,6,7,8). The molecule has 1 rings (SSSR count). The molecule has 0 aliphatic heterocycles. The lowest BCUT2D eigenvalue weighted by atomic mass is 10.4. The van der Waals surface area contributed by atoms with Gasteiger partial charge < -0.3 is 0 Å². The highest BCUT2D eigenvalue weighted by atomic mass is 32.2. The monoisotopic (exact) mass is 151 g/mol. The van der Waals surface area contributed by atoms with E-state index in [4.69, 9.17) is 4.55 Å². The van der Waals surface area contributed by atoms with Crippen LogP contribution in [0, 0.1) is 5.92 Å². The van der Waals surface area contributed by atoms with Crippen molar-refractivity contribution in [3.05, 3.63) is 0 Å². The fourth-order valence-corrected chi connectivity index (χ4v) is 0.991. The number of nitrogens with one attached hydrogen (secondary N) is 1. The first kappa shape index (κ1) is 6.98. The SMILES string of the molecule is O=S(=O)(O)NCC1CC1. The molecular weight excluding hydrogens is 142 g/mol. The van der Waals surface area contributed by atoms with E-state index in [2.05, 4.69) is 0 Å². The Balaban J connectivity index is 2.18. The Kier molecular flexibility index (Phi) is 1.74. The van der Waals surface area contributed by atoms with Gasteiger partial charge in [-0.3, -0.25) is 4.55 Å². The molecule has 0 radical (unpaired) electrons. The van der Waals surface area contributed by atoms with Gasteiger partial charge in [-0.2, -0.15) is 13.1 Å². The fourth-order valence-electron chi connectivity index (χ4n) is 0.545. The summed E-state index contributed by atoms with van der Waals surface area (Å²) in [6.45, 7) is 0.388. The molecule has 9 heavy (non-hydrogen) atoms. The van der Waals surface area contributed by atoms with Crippen LogP contribution in [-0.2, 0) is 10.3 Å². The highest BCUT2D eigenvalue weighted by Crippen LogP contribution is 2.27. The predicted octanol–water partition coefficient (Wildman–Crippen LogP) is -0.211. The minimum atomic E-state index is -3.93. The lowest BCUT2D eigenvalue weighted by Crippen LogP contribution is -2.24. The van der Waals surface area contributed by atoms with Crippen LogP contribution >= 0.6 is 0 Å². The topological polar surface area (TPSA) is 66.4 Å². The van der Waals surface area contributed by atoms with E-state index < -0.39 is 10.3 Å². The van der Waals surface area contributed by atoms with E-state index in [1.165, 1.54) is 0 Å². The van der Waals surface area contributed by atoms with Crippen LogP contribution in [0.4, 0.5) is 0 Å². The van der Waals surface area contributed by atoms with Crippen LogP contribution in [0.2, 0.25) is 0 Å². The van der Waals surface area contributed by atoms with Crippen LogP contribution in [0.3, 0.4) is 0 Å². The predicted molar refractivity (Wildman–Crippen MR) is 32.3 cm³/mol. The molecule has 0 aromatic rings. The molecule has 0 bridgehead atoms. The Labute approximate surface area is 54.1 Å². The summed E-state index contributed by atoms with van der Waals surface area (Å²) >= 11 is 0. The Bertz CT molecular complexity index is 182. The van der Waals surface area contributed by atoms with Gasteiger partial charge in [-0.1, -0.05) is 0 Å². The first-order chi connectivity index (χ1) is 4.08. The summed E-state index contributed by atoms with van der Waals surface area (Å²) < 4.78 is 30.2. The molecule has 1 fully saturated rings. The third-order valence-corrected chi connectivity index (χ3v) is 1.78. The van der Waals surface area contributed by atoms with E-state index in [0.29, 0.717) is 12.5 Å². The number of hydrogen-bond acceptors (Lipinski definition) is 2. The molecule has 0 saturated heterocycles. The van der Waals surface area contributed by atoms with E-state index in [-0.39, 0.29) is 0 Å². The average molecular weight is 151 g/mol. The van der Waals surface area contributed by atoms with Crippen LogP contribution in [0.1, 0.15) is 12.8 Å². The van der Waals surface area contributed by atoms with Crippen molar-refractivity contribution in [3.63, 3.8) is 0 Å². The van der Waals surface area contributed by atoms with Crippen LogP contribution in [0.25, 0.3) is 0 Å². The molecule has 0 unspecified atom stereocenters. The molecule has 2 N–H and O–H groups in total. The summed E-state index contributed by atoms with van der Waals surface area (Å²) in [5.74, 6) is 0.465. The van der Waals surface area contributed by atoms with Crippen LogP contribution in [0.5, 0.6) is 0 Å². The zero-order valence-electron chi connectivity index (χ0n) is 4.87. The van der Waals surface area contributed by atoms with Crippen molar-refractivity contribution in [1.29, 1.82) is 0 Å². The molecule has 5 heteroatoms. The molecule has 0 heterocycles. The molecule has 0 aromatic carbocycles. The second-order valence-corrected chi connectivity index (χ2v) is 3.51. The third-order valence-electron chi connectivity index (χ3n) is 1.25. The Morgan fingerprint density at radius 3 is 2.44 bits per heavy atom. The van der Waals surface area contributed by atoms with Gasteiger partial charge >= 0.3 is 10.3 Å². The van der Waals surface area contributed by atoms with Gasteiger partial charge in [-0.05, 0) is 18.8 Å². The zero-order valence-corrected chi connectivity index (χ0v) is 5.69. The van der Waals surface area contributed by atoms with Crippen LogP contribution in [0.15, 0.2) is 0 Å². The first-order valence-electron chi connectivity index (χ1n) is 2.80. The van der Waals surface area contributed by atoms with Gasteiger partial charge in [0.15, 0.2) is 0 Å². The Morgan fingerprint density at radius 1 is 1.56 bits per heavy atom. The Hall–Kier alpha value is -0.130. The minimum absolute atomic E-state index is 0.388. The van der Waals surface area contributed by atoms with E-state index in [9.17, 15) is 8.42 Å². The highest BCUT2D eigenvalue weighted by Gasteiger charge is 2.22. The number of rotatable bonds is 3. The molecular formula is C4H9NO3S. The highest BCUT2D eigenvalue weighted by molar-refractivity contribution is 7.83. The van der Waals surface area contributed by atoms with Gasteiger partial charge in [0.05, 0.1) is 0 Å². The molecule has 4 nitrogen and oxygen atoms in total. The molecule has 1 aliphatic carbocycles. The van der Waals surface area contributed by atoms with E-state index in [1.807, 2.05) is 4.72 Å². The normalized spacial score (nSPS) is 20.1. The van der Waals surface area contributed by atoms with Gasteiger partial charge in [0.1, 0.15) is 0 Å².